The standard InChI is InChI=1S/C18H19Cl2N7O3/c1-9(30-4)16-12(8-21-15-7-14(20)25-27(15)16)24-18(29)22-10-5-11(17(28)26(2)3)23-13(19)6-10/h5-9H,1-4H3,(H2,22,23,24,29). The molecule has 0 aliphatic carbocycles. The van der Waals surface area contributed by atoms with Crippen molar-refractivity contribution in [3.8, 4) is 0 Å². The van der Waals surface area contributed by atoms with Crippen LogP contribution in [-0.2, 0) is 4.74 Å². The smallest absolute Gasteiger partial charge is 0.323 e. The van der Waals surface area contributed by atoms with Crippen molar-refractivity contribution in [3.63, 3.8) is 0 Å². The molecule has 158 valence electrons. The lowest BCUT2D eigenvalue weighted by Crippen LogP contribution is -2.24. The van der Waals surface area contributed by atoms with Crippen molar-refractivity contribution in [1.82, 2.24) is 24.5 Å². The topological polar surface area (TPSA) is 114 Å². The zero-order valence-corrected chi connectivity index (χ0v) is 18.1. The molecule has 1 unspecified atom stereocenters. The number of nitrogens with one attached hydrogen (secondary N) is 2. The number of aromatic nitrogens is 4. The number of carbonyl (C=O) groups excluding carboxylic acids is 2. The Bertz CT molecular complexity index is 1120. The number of ether oxygens (including phenoxy) is 1. The van der Waals surface area contributed by atoms with Crippen LogP contribution in [0.5, 0.6) is 0 Å². The molecule has 1 atom stereocenters. The van der Waals surface area contributed by atoms with Gasteiger partial charge in [0.05, 0.1) is 23.7 Å². The summed E-state index contributed by atoms with van der Waals surface area (Å²) in [6.45, 7) is 1.80. The molecule has 3 amide bonds. The van der Waals surface area contributed by atoms with E-state index in [-0.39, 0.29) is 21.9 Å². The van der Waals surface area contributed by atoms with Gasteiger partial charge in [-0.05, 0) is 19.1 Å². The zero-order chi connectivity index (χ0) is 22.0. The Kier molecular flexibility index (Phi) is 6.40. The van der Waals surface area contributed by atoms with Crippen molar-refractivity contribution in [2.45, 2.75) is 13.0 Å². The number of methoxy groups -OCH3 is 1. The minimum Gasteiger partial charge on any atom is -0.375 e. The highest BCUT2D eigenvalue weighted by atomic mass is 35.5. The minimum absolute atomic E-state index is 0.0703. The van der Waals surface area contributed by atoms with Crippen molar-refractivity contribution < 1.29 is 14.3 Å². The highest BCUT2D eigenvalue weighted by molar-refractivity contribution is 6.30. The zero-order valence-electron chi connectivity index (χ0n) is 16.6. The predicted molar refractivity (Wildman–Crippen MR) is 113 cm³/mol. The molecule has 0 radical (unpaired) electrons. The maximum Gasteiger partial charge on any atom is 0.323 e. The van der Waals surface area contributed by atoms with Crippen LogP contribution in [0.3, 0.4) is 0 Å². The van der Waals surface area contributed by atoms with Crippen molar-refractivity contribution in [2.24, 2.45) is 0 Å². The normalized spacial score (nSPS) is 11.9. The van der Waals surface area contributed by atoms with Gasteiger partial charge in [0, 0.05) is 33.0 Å². The first-order valence-corrected chi connectivity index (χ1v) is 9.49. The van der Waals surface area contributed by atoms with Crippen molar-refractivity contribution >= 4 is 52.2 Å². The molecule has 12 heteroatoms. The average Bonchev–Trinajstić information content (AvgIpc) is 3.06. The van der Waals surface area contributed by atoms with E-state index in [0.29, 0.717) is 22.7 Å². The highest BCUT2D eigenvalue weighted by Gasteiger charge is 2.19. The van der Waals surface area contributed by atoms with E-state index >= 15 is 0 Å². The van der Waals surface area contributed by atoms with Crippen LogP contribution in [0.2, 0.25) is 10.3 Å². The molecule has 3 aromatic heterocycles. The summed E-state index contributed by atoms with van der Waals surface area (Å²) in [5.41, 5.74) is 1.85. The van der Waals surface area contributed by atoms with Crippen LogP contribution in [0.25, 0.3) is 5.65 Å². The lowest BCUT2D eigenvalue weighted by Gasteiger charge is -2.17. The molecule has 3 rings (SSSR count). The van der Waals surface area contributed by atoms with E-state index in [2.05, 4.69) is 25.7 Å². The molecule has 30 heavy (non-hydrogen) atoms. The summed E-state index contributed by atoms with van der Waals surface area (Å²) in [5.74, 6) is -0.345. The van der Waals surface area contributed by atoms with Crippen LogP contribution in [0, 0.1) is 0 Å². The van der Waals surface area contributed by atoms with Crippen LogP contribution in [0.1, 0.15) is 29.2 Å². The van der Waals surface area contributed by atoms with Crippen LogP contribution >= 0.6 is 23.2 Å². The molecule has 0 aliphatic rings. The summed E-state index contributed by atoms with van der Waals surface area (Å²) in [6, 6.07) is 3.88. The molecule has 0 fully saturated rings. The van der Waals surface area contributed by atoms with E-state index in [9.17, 15) is 9.59 Å². The molecular formula is C18H19Cl2N7O3. The van der Waals surface area contributed by atoms with E-state index in [1.807, 2.05) is 0 Å². The van der Waals surface area contributed by atoms with E-state index in [1.54, 1.807) is 27.1 Å². The lowest BCUT2D eigenvalue weighted by atomic mass is 10.2. The van der Waals surface area contributed by atoms with E-state index in [1.165, 1.54) is 34.9 Å². The Morgan fingerprint density at radius 3 is 2.57 bits per heavy atom. The fourth-order valence-corrected chi connectivity index (χ4v) is 3.10. The average molecular weight is 452 g/mol. The van der Waals surface area contributed by atoms with Gasteiger partial charge in [0.2, 0.25) is 0 Å². The molecule has 0 bridgehead atoms. The first-order chi connectivity index (χ1) is 14.2. The Morgan fingerprint density at radius 1 is 1.17 bits per heavy atom. The molecule has 3 aromatic rings. The second-order valence-corrected chi connectivity index (χ2v) is 7.29. The Labute approximate surface area is 182 Å². The SMILES string of the molecule is COC(C)c1c(NC(=O)Nc2cc(Cl)nc(C(=O)N(C)C)c2)cnc2cc(Cl)nn12. The number of hydrogen-bond acceptors (Lipinski definition) is 6. The van der Waals surface area contributed by atoms with Crippen LogP contribution in [-0.4, -0.2) is 57.6 Å². The highest BCUT2D eigenvalue weighted by Crippen LogP contribution is 2.26. The summed E-state index contributed by atoms with van der Waals surface area (Å²) in [4.78, 5) is 34.3. The largest absolute Gasteiger partial charge is 0.375 e. The third-order valence-electron chi connectivity index (χ3n) is 4.15. The molecule has 3 heterocycles. The van der Waals surface area contributed by atoms with Gasteiger partial charge in [-0.3, -0.25) is 4.79 Å². The second kappa shape index (κ2) is 8.82. The third-order valence-corrected chi connectivity index (χ3v) is 4.53. The van der Waals surface area contributed by atoms with Gasteiger partial charge in [-0.25, -0.2) is 19.3 Å². The maximum absolute atomic E-state index is 12.6. The van der Waals surface area contributed by atoms with Crippen LogP contribution in [0.15, 0.2) is 24.4 Å². The number of halogens is 2. The second-order valence-electron chi connectivity index (χ2n) is 6.51. The van der Waals surface area contributed by atoms with E-state index < -0.39 is 12.1 Å². The molecular weight excluding hydrogens is 433 g/mol. The van der Waals surface area contributed by atoms with Gasteiger partial charge in [-0.2, -0.15) is 5.10 Å². The van der Waals surface area contributed by atoms with Crippen molar-refractivity contribution in [3.05, 3.63) is 46.1 Å². The number of carbonyl (C=O) groups is 2. The van der Waals surface area contributed by atoms with Gasteiger partial charge in [0.1, 0.15) is 10.8 Å². The van der Waals surface area contributed by atoms with Crippen LogP contribution in [0.4, 0.5) is 16.2 Å². The van der Waals surface area contributed by atoms with Gasteiger partial charge >= 0.3 is 6.03 Å². The number of amides is 3. The summed E-state index contributed by atoms with van der Waals surface area (Å²) < 4.78 is 6.91. The van der Waals surface area contributed by atoms with E-state index in [4.69, 9.17) is 27.9 Å². The number of hydrogen-bond donors (Lipinski definition) is 2. The summed E-state index contributed by atoms with van der Waals surface area (Å²) in [6.07, 6.45) is 1.07. The maximum atomic E-state index is 12.6. The number of fused-ring (bicyclic) bond motifs is 1. The molecule has 0 aliphatic heterocycles. The monoisotopic (exact) mass is 451 g/mol. The molecule has 0 saturated heterocycles. The van der Waals surface area contributed by atoms with Crippen molar-refractivity contribution in [2.75, 3.05) is 31.8 Å². The molecule has 0 aromatic carbocycles. The minimum atomic E-state index is -0.579. The van der Waals surface area contributed by atoms with Crippen molar-refractivity contribution in [1.29, 1.82) is 0 Å². The van der Waals surface area contributed by atoms with E-state index in [0.717, 1.165) is 0 Å². The van der Waals surface area contributed by atoms with Gasteiger partial charge < -0.3 is 20.3 Å². The first kappa shape index (κ1) is 21.8. The quantitative estimate of drug-likeness (QED) is 0.573. The summed E-state index contributed by atoms with van der Waals surface area (Å²) in [7, 11) is 4.72. The Morgan fingerprint density at radius 2 is 1.90 bits per heavy atom. The third kappa shape index (κ3) is 4.61. The van der Waals surface area contributed by atoms with Crippen LogP contribution < -0.4 is 10.6 Å². The Hall–Kier alpha value is -2.95. The molecule has 0 spiro atoms. The van der Waals surface area contributed by atoms with Gasteiger partial charge in [-0.1, -0.05) is 23.2 Å². The lowest BCUT2D eigenvalue weighted by molar-refractivity contribution is 0.0822. The first-order valence-electron chi connectivity index (χ1n) is 8.73. The summed E-state index contributed by atoms with van der Waals surface area (Å²) >= 11 is 12.0. The number of rotatable bonds is 5. The molecule has 2 N–H and O–H groups in total. The van der Waals surface area contributed by atoms with Gasteiger partial charge in [0.25, 0.3) is 5.91 Å². The number of urea groups is 1. The fourth-order valence-electron chi connectivity index (χ4n) is 2.71. The Balaban J connectivity index is 1.88. The number of nitrogens with zero attached hydrogens (tertiary/aromatic N) is 5. The molecule has 0 saturated carbocycles. The number of pyridine rings is 1. The fraction of sp³-hybridized carbons (Fsp3) is 0.278. The predicted octanol–water partition coefficient (Wildman–Crippen LogP) is 3.48. The van der Waals surface area contributed by atoms with Gasteiger partial charge in [-0.15, -0.1) is 0 Å². The number of anilines is 2. The summed E-state index contributed by atoms with van der Waals surface area (Å²) in [5, 5.41) is 9.87. The molecule has 10 nitrogen and oxygen atoms in total. The van der Waals surface area contributed by atoms with Gasteiger partial charge in [0.15, 0.2) is 10.8 Å².